The molecule has 1 aromatic carbocycles. The van der Waals surface area contributed by atoms with Crippen LogP contribution in [0.5, 0.6) is 11.5 Å². The molecule has 1 atom stereocenters. The van der Waals surface area contributed by atoms with Crippen LogP contribution < -0.4 is 9.47 Å². The Labute approximate surface area is 107 Å². The molecule has 2 aliphatic heterocycles. The van der Waals surface area contributed by atoms with E-state index in [1.807, 2.05) is 6.07 Å². The number of nitrogens with zero attached hydrogens (tertiary/aromatic N) is 1. The number of hydrogen-bond donors (Lipinski definition) is 1. The van der Waals surface area contributed by atoms with Crippen LogP contribution in [-0.4, -0.2) is 42.5 Å². The van der Waals surface area contributed by atoms with Gasteiger partial charge in [0.05, 0.1) is 6.61 Å². The topological polar surface area (TPSA) is 41.9 Å². The van der Waals surface area contributed by atoms with Crippen LogP contribution >= 0.6 is 0 Å². The van der Waals surface area contributed by atoms with Gasteiger partial charge in [-0.15, -0.1) is 0 Å². The second kappa shape index (κ2) is 5.16. The van der Waals surface area contributed by atoms with Gasteiger partial charge in [0.2, 0.25) is 6.79 Å². The molecule has 4 heteroatoms. The van der Waals surface area contributed by atoms with Gasteiger partial charge in [0, 0.05) is 12.6 Å². The molecule has 0 spiro atoms. The Kier molecular flexibility index (Phi) is 3.39. The van der Waals surface area contributed by atoms with Crippen LogP contribution in [0.1, 0.15) is 18.4 Å². The molecular formula is C14H19NO3. The highest BCUT2D eigenvalue weighted by Crippen LogP contribution is 2.32. The maximum Gasteiger partial charge on any atom is 0.231 e. The standard InChI is InChI=1S/C14H19NO3/c16-9-12-2-1-6-15(12)7-5-11-3-4-13-14(8-11)18-10-17-13/h3-4,8,12,16H,1-2,5-7,9-10H2. The fourth-order valence-electron chi connectivity index (χ4n) is 2.77. The average Bonchev–Trinajstić information content (AvgIpc) is 3.04. The SMILES string of the molecule is OCC1CCCN1CCc1ccc2c(c1)OCO2. The molecule has 1 saturated heterocycles. The number of fused-ring (bicyclic) bond motifs is 1. The maximum absolute atomic E-state index is 9.28. The van der Waals surface area contributed by atoms with Gasteiger partial charge >= 0.3 is 0 Å². The number of hydrogen-bond acceptors (Lipinski definition) is 4. The lowest BCUT2D eigenvalue weighted by molar-refractivity contribution is 0.160. The number of aliphatic hydroxyl groups excluding tert-OH is 1. The van der Waals surface area contributed by atoms with Gasteiger partial charge in [0.25, 0.3) is 0 Å². The third-order valence-corrected chi connectivity index (χ3v) is 3.83. The molecule has 2 heterocycles. The van der Waals surface area contributed by atoms with E-state index in [2.05, 4.69) is 17.0 Å². The summed E-state index contributed by atoms with van der Waals surface area (Å²) in [5.74, 6) is 1.70. The van der Waals surface area contributed by atoms with Crippen molar-refractivity contribution in [2.75, 3.05) is 26.5 Å². The van der Waals surface area contributed by atoms with Crippen molar-refractivity contribution in [1.82, 2.24) is 4.90 Å². The van der Waals surface area contributed by atoms with E-state index in [1.54, 1.807) is 0 Å². The summed E-state index contributed by atoms with van der Waals surface area (Å²) in [4.78, 5) is 2.38. The van der Waals surface area contributed by atoms with E-state index in [9.17, 15) is 5.11 Å². The van der Waals surface area contributed by atoms with E-state index < -0.39 is 0 Å². The van der Waals surface area contributed by atoms with Crippen molar-refractivity contribution in [2.45, 2.75) is 25.3 Å². The van der Waals surface area contributed by atoms with Crippen molar-refractivity contribution in [3.63, 3.8) is 0 Å². The molecule has 4 nitrogen and oxygen atoms in total. The van der Waals surface area contributed by atoms with Gasteiger partial charge in [-0.2, -0.15) is 0 Å². The van der Waals surface area contributed by atoms with Crippen LogP contribution in [0.15, 0.2) is 18.2 Å². The normalized spacial score (nSPS) is 22.6. The molecule has 1 unspecified atom stereocenters. The summed E-state index contributed by atoms with van der Waals surface area (Å²) >= 11 is 0. The fourth-order valence-corrected chi connectivity index (χ4v) is 2.77. The molecule has 0 saturated carbocycles. The van der Waals surface area contributed by atoms with Gasteiger partial charge in [0.15, 0.2) is 11.5 Å². The summed E-state index contributed by atoms with van der Waals surface area (Å²) in [6.07, 6.45) is 3.32. The summed E-state index contributed by atoms with van der Waals surface area (Å²) < 4.78 is 10.7. The first-order valence-corrected chi connectivity index (χ1v) is 6.60. The molecule has 0 aromatic heterocycles. The molecule has 1 N–H and O–H groups in total. The van der Waals surface area contributed by atoms with E-state index >= 15 is 0 Å². The molecule has 3 rings (SSSR count). The molecule has 0 bridgehead atoms. The third kappa shape index (κ3) is 2.31. The summed E-state index contributed by atoms with van der Waals surface area (Å²) in [6.45, 7) is 2.72. The van der Waals surface area contributed by atoms with E-state index in [0.717, 1.165) is 37.4 Å². The lowest BCUT2D eigenvalue weighted by Gasteiger charge is -2.22. The molecular weight excluding hydrogens is 230 g/mol. The molecule has 2 aliphatic rings. The smallest absolute Gasteiger partial charge is 0.231 e. The van der Waals surface area contributed by atoms with E-state index in [0.29, 0.717) is 12.8 Å². The van der Waals surface area contributed by atoms with Gasteiger partial charge in [-0.3, -0.25) is 4.90 Å². The lowest BCUT2D eigenvalue weighted by atomic mass is 10.1. The third-order valence-electron chi connectivity index (χ3n) is 3.83. The van der Waals surface area contributed by atoms with Gasteiger partial charge in [-0.25, -0.2) is 0 Å². The number of rotatable bonds is 4. The molecule has 18 heavy (non-hydrogen) atoms. The largest absolute Gasteiger partial charge is 0.454 e. The molecule has 98 valence electrons. The van der Waals surface area contributed by atoms with Crippen LogP contribution in [0.2, 0.25) is 0 Å². The Morgan fingerprint density at radius 2 is 2.17 bits per heavy atom. The number of likely N-dealkylation sites (tertiary alicyclic amines) is 1. The maximum atomic E-state index is 9.28. The van der Waals surface area contributed by atoms with Crippen molar-refractivity contribution in [2.24, 2.45) is 0 Å². The van der Waals surface area contributed by atoms with Gasteiger partial charge in [0.1, 0.15) is 0 Å². The number of benzene rings is 1. The van der Waals surface area contributed by atoms with Crippen LogP contribution in [0.4, 0.5) is 0 Å². The minimum Gasteiger partial charge on any atom is -0.454 e. The Balaban J connectivity index is 1.60. The zero-order valence-corrected chi connectivity index (χ0v) is 10.5. The Bertz CT molecular complexity index is 422. The zero-order valence-electron chi connectivity index (χ0n) is 10.5. The fraction of sp³-hybridized carbons (Fsp3) is 0.571. The predicted molar refractivity (Wildman–Crippen MR) is 67.9 cm³/mol. The molecule has 1 aromatic rings. The van der Waals surface area contributed by atoms with Crippen molar-refractivity contribution in [3.8, 4) is 11.5 Å². The number of aliphatic hydroxyl groups is 1. The predicted octanol–water partition coefficient (Wildman–Crippen LogP) is 1.41. The first-order valence-electron chi connectivity index (χ1n) is 6.60. The van der Waals surface area contributed by atoms with Crippen molar-refractivity contribution < 1.29 is 14.6 Å². The minimum absolute atomic E-state index is 0.279. The summed E-state index contributed by atoms with van der Waals surface area (Å²) in [7, 11) is 0. The minimum atomic E-state index is 0.279. The summed E-state index contributed by atoms with van der Waals surface area (Å²) in [5.41, 5.74) is 1.27. The van der Waals surface area contributed by atoms with Crippen LogP contribution in [-0.2, 0) is 6.42 Å². The number of ether oxygens (including phenoxy) is 2. The van der Waals surface area contributed by atoms with Crippen LogP contribution in [0, 0.1) is 0 Å². The van der Waals surface area contributed by atoms with Crippen molar-refractivity contribution in [1.29, 1.82) is 0 Å². The lowest BCUT2D eigenvalue weighted by Crippen LogP contribution is -2.33. The quantitative estimate of drug-likeness (QED) is 0.876. The second-order valence-corrected chi connectivity index (χ2v) is 4.95. The molecule has 0 aliphatic carbocycles. The van der Waals surface area contributed by atoms with Crippen molar-refractivity contribution in [3.05, 3.63) is 23.8 Å². The molecule has 0 radical (unpaired) electrons. The van der Waals surface area contributed by atoms with Gasteiger partial charge < -0.3 is 14.6 Å². The molecule has 1 fully saturated rings. The zero-order chi connectivity index (χ0) is 12.4. The average molecular weight is 249 g/mol. The van der Waals surface area contributed by atoms with E-state index in [4.69, 9.17) is 9.47 Å². The second-order valence-electron chi connectivity index (χ2n) is 4.95. The van der Waals surface area contributed by atoms with Gasteiger partial charge in [-0.1, -0.05) is 6.07 Å². The Morgan fingerprint density at radius 3 is 3.06 bits per heavy atom. The molecule has 0 amide bonds. The van der Waals surface area contributed by atoms with Crippen LogP contribution in [0.3, 0.4) is 0 Å². The monoisotopic (exact) mass is 249 g/mol. The van der Waals surface area contributed by atoms with Crippen molar-refractivity contribution >= 4 is 0 Å². The first kappa shape index (κ1) is 11.8. The highest BCUT2D eigenvalue weighted by atomic mass is 16.7. The first-order chi connectivity index (χ1) is 8.86. The summed E-state index contributed by atoms with van der Waals surface area (Å²) in [6, 6.07) is 6.49. The summed E-state index contributed by atoms with van der Waals surface area (Å²) in [5, 5.41) is 9.28. The van der Waals surface area contributed by atoms with E-state index in [-0.39, 0.29) is 6.61 Å². The van der Waals surface area contributed by atoms with Gasteiger partial charge in [-0.05, 0) is 43.5 Å². The van der Waals surface area contributed by atoms with E-state index in [1.165, 1.54) is 12.0 Å². The highest BCUT2D eigenvalue weighted by molar-refractivity contribution is 5.44. The van der Waals surface area contributed by atoms with Crippen LogP contribution in [0.25, 0.3) is 0 Å². The Hall–Kier alpha value is -1.26. The Morgan fingerprint density at radius 1 is 1.28 bits per heavy atom. The highest BCUT2D eigenvalue weighted by Gasteiger charge is 2.23.